The van der Waals surface area contributed by atoms with Crippen molar-refractivity contribution in [2.24, 2.45) is 0 Å². The van der Waals surface area contributed by atoms with Gasteiger partial charge >= 0.3 is 5.97 Å². The topological polar surface area (TPSA) is 106 Å². The molecule has 9 heteroatoms. The molecule has 2 heterocycles. The number of esters is 1. The molecule has 0 spiro atoms. The van der Waals surface area contributed by atoms with Crippen molar-refractivity contribution in [3.05, 3.63) is 26.7 Å². The van der Waals surface area contributed by atoms with Crippen LogP contribution in [0.5, 0.6) is 0 Å². The summed E-state index contributed by atoms with van der Waals surface area (Å²) in [7, 11) is 0. The highest BCUT2D eigenvalue weighted by molar-refractivity contribution is 7.10. The predicted molar refractivity (Wildman–Crippen MR) is 79.8 cm³/mol. The van der Waals surface area contributed by atoms with E-state index in [2.05, 4.69) is 14.6 Å². The predicted octanol–water partition coefficient (Wildman–Crippen LogP) is 1.90. The zero-order valence-electron chi connectivity index (χ0n) is 11.9. The maximum absolute atomic E-state index is 12.1. The molecule has 0 unspecified atom stereocenters. The molecular formula is C13H12N4O3S2. The second-order valence-electron chi connectivity index (χ2n) is 4.33. The van der Waals surface area contributed by atoms with Crippen LogP contribution in [0.25, 0.3) is 0 Å². The second-order valence-corrected chi connectivity index (χ2v) is 5.98. The van der Waals surface area contributed by atoms with Crippen LogP contribution in [-0.2, 0) is 16.0 Å². The van der Waals surface area contributed by atoms with E-state index in [4.69, 9.17) is 10.00 Å². The van der Waals surface area contributed by atoms with Gasteiger partial charge in [0, 0.05) is 11.1 Å². The molecule has 2 aromatic heterocycles. The molecular weight excluding hydrogens is 324 g/mol. The largest absolute Gasteiger partial charge is 0.453 e. The first-order valence-electron chi connectivity index (χ1n) is 6.39. The highest BCUT2D eigenvalue weighted by Crippen LogP contribution is 2.21. The molecule has 0 radical (unpaired) electrons. The summed E-state index contributed by atoms with van der Waals surface area (Å²) >= 11 is 2.16. The van der Waals surface area contributed by atoms with E-state index >= 15 is 0 Å². The maximum Gasteiger partial charge on any atom is 0.352 e. The average molecular weight is 336 g/mol. The van der Waals surface area contributed by atoms with Crippen LogP contribution in [0.4, 0.5) is 0 Å². The molecule has 0 amide bonds. The summed E-state index contributed by atoms with van der Waals surface area (Å²) in [6.45, 7) is 3.15. The first kappa shape index (κ1) is 16.2. The van der Waals surface area contributed by atoms with Crippen molar-refractivity contribution >= 4 is 34.6 Å². The Hall–Kier alpha value is -2.18. The Bertz CT molecular complexity index is 732. The van der Waals surface area contributed by atoms with Gasteiger partial charge in [0.2, 0.25) is 0 Å². The van der Waals surface area contributed by atoms with Crippen molar-refractivity contribution in [1.29, 1.82) is 5.26 Å². The molecule has 0 aliphatic carbocycles. The van der Waals surface area contributed by atoms with Crippen LogP contribution in [0.1, 0.15) is 38.9 Å². The fourth-order valence-corrected chi connectivity index (χ4v) is 3.16. The zero-order chi connectivity index (χ0) is 16.1. The van der Waals surface area contributed by atoms with E-state index in [9.17, 15) is 9.59 Å². The molecule has 2 rings (SSSR count). The number of aryl methyl sites for hydroxylation is 2. The minimum atomic E-state index is -1.02. The van der Waals surface area contributed by atoms with Crippen LogP contribution in [0.3, 0.4) is 0 Å². The van der Waals surface area contributed by atoms with Gasteiger partial charge < -0.3 is 4.74 Å². The van der Waals surface area contributed by atoms with Gasteiger partial charge in [-0.15, -0.1) is 16.4 Å². The summed E-state index contributed by atoms with van der Waals surface area (Å²) in [6, 6.07) is 1.90. The number of carbonyl (C=O) groups excluding carboxylic acids is 2. The zero-order valence-corrected chi connectivity index (χ0v) is 13.5. The Balaban J connectivity index is 2.00. The van der Waals surface area contributed by atoms with Gasteiger partial charge in [0.1, 0.15) is 5.01 Å². The summed E-state index contributed by atoms with van der Waals surface area (Å²) in [6.07, 6.45) is 0.550. The SMILES string of the molecule is CCc1nnsc1C(=O)OCC(=O)[C@@H](C#N)c1nc(C)cs1. The van der Waals surface area contributed by atoms with Crippen molar-refractivity contribution in [3.63, 3.8) is 0 Å². The van der Waals surface area contributed by atoms with Crippen molar-refractivity contribution in [2.75, 3.05) is 6.61 Å². The number of aromatic nitrogens is 3. The monoisotopic (exact) mass is 336 g/mol. The number of nitriles is 1. The van der Waals surface area contributed by atoms with Crippen molar-refractivity contribution in [1.82, 2.24) is 14.6 Å². The highest BCUT2D eigenvalue weighted by Gasteiger charge is 2.25. The van der Waals surface area contributed by atoms with Crippen LogP contribution < -0.4 is 0 Å². The third-order valence-corrected chi connectivity index (χ3v) is 4.53. The highest BCUT2D eigenvalue weighted by atomic mass is 32.1. The number of rotatable bonds is 6. The number of ketones is 1. The normalized spacial score (nSPS) is 11.7. The van der Waals surface area contributed by atoms with E-state index in [0.717, 1.165) is 17.2 Å². The number of carbonyl (C=O) groups is 2. The van der Waals surface area contributed by atoms with Crippen LogP contribution in [0.15, 0.2) is 5.38 Å². The minimum absolute atomic E-state index is 0.286. The quantitative estimate of drug-likeness (QED) is 0.742. The average Bonchev–Trinajstić information content (AvgIpc) is 3.14. The van der Waals surface area contributed by atoms with Gasteiger partial charge in [0.15, 0.2) is 23.2 Å². The Morgan fingerprint density at radius 2 is 2.27 bits per heavy atom. The Morgan fingerprint density at radius 3 is 2.86 bits per heavy atom. The smallest absolute Gasteiger partial charge is 0.352 e. The number of hydrogen-bond acceptors (Lipinski definition) is 9. The Kier molecular flexibility index (Phi) is 5.30. The standard InChI is InChI=1S/C13H12N4O3S2/c1-3-9-11(22-17-16-9)13(19)20-5-10(18)8(4-14)12-15-7(2)6-21-12/h6,8H,3,5H2,1-2H3/t8-/m1/s1. The molecule has 114 valence electrons. The molecule has 0 aromatic carbocycles. The molecule has 0 bridgehead atoms. The van der Waals surface area contributed by atoms with Crippen molar-refractivity contribution in [3.8, 4) is 6.07 Å². The molecule has 0 aliphatic heterocycles. The summed E-state index contributed by atoms with van der Waals surface area (Å²) in [5, 5.41) is 15.1. The molecule has 2 aromatic rings. The summed E-state index contributed by atoms with van der Waals surface area (Å²) in [5.74, 6) is -2.16. The van der Waals surface area contributed by atoms with E-state index in [0.29, 0.717) is 17.1 Å². The minimum Gasteiger partial charge on any atom is -0.453 e. The third-order valence-electron chi connectivity index (χ3n) is 2.76. The van der Waals surface area contributed by atoms with E-state index in [1.807, 2.05) is 13.0 Å². The lowest BCUT2D eigenvalue weighted by molar-refractivity contribution is -0.122. The molecule has 0 aliphatic rings. The number of nitrogens with zero attached hydrogens (tertiary/aromatic N) is 4. The van der Waals surface area contributed by atoms with E-state index in [1.165, 1.54) is 11.3 Å². The van der Waals surface area contributed by atoms with Crippen LogP contribution in [0, 0.1) is 18.3 Å². The molecule has 0 saturated carbocycles. The van der Waals surface area contributed by atoms with Gasteiger partial charge in [-0.05, 0) is 24.9 Å². The van der Waals surface area contributed by atoms with Crippen LogP contribution in [0.2, 0.25) is 0 Å². The lowest BCUT2D eigenvalue weighted by Crippen LogP contribution is -2.20. The van der Waals surface area contributed by atoms with Gasteiger partial charge in [-0.2, -0.15) is 5.26 Å². The maximum atomic E-state index is 12.1. The number of thiazole rings is 1. The summed E-state index contributed by atoms with van der Waals surface area (Å²) in [4.78, 5) is 28.4. The first-order chi connectivity index (χ1) is 10.6. The molecule has 0 saturated heterocycles. The Morgan fingerprint density at radius 1 is 1.50 bits per heavy atom. The molecule has 0 N–H and O–H groups in total. The number of hydrogen-bond donors (Lipinski definition) is 0. The van der Waals surface area contributed by atoms with E-state index in [1.54, 1.807) is 12.3 Å². The summed E-state index contributed by atoms with van der Waals surface area (Å²) < 4.78 is 8.66. The number of Topliss-reactive ketones (excluding diaryl/α,β-unsaturated/α-hetero) is 1. The van der Waals surface area contributed by atoms with Crippen LogP contribution >= 0.6 is 22.9 Å². The Labute approximate surface area is 134 Å². The van der Waals surface area contributed by atoms with Gasteiger partial charge in [0.25, 0.3) is 0 Å². The lowest BCUT2D eigenvalue weighted by atomic mass is 10.1. The summed E-state index contributed by atoms with van der Waals surface area (Å²) in [5.41, 5.74) is 1.28. The molecule has 22 heavy (non-hydrogen) atoms. The fraction of sp³-hybridized carbons (Fsp3) is 0.385. The van der Waals surface area contributed by atoms with Crippen molar-refractivity contribution in [2.45, 2.75) is 26.2 Å². The second kappa shape index (κ2) is 7.20. The van der Waals surface area contributed by atoms with E-state index in [-0.39, 0.29) is 4.88 Å². The van der Waals surface area contributed by atoms with Gasteiger partial charge in [-0.25, -0.2) is 9.78 Å². The van der Waals surface area contributed by atoms with Gasteiger partial charge in [-0.3, -0.25) is 4.79 Å². The van der Waals surface area contributed by atoms with Crippen molar-refractivity contribution < 1.29 is 14.3 Å². The van der Waals surface area contributed by atoms with Gasteiger partial charge in [-0.1, -0.05) is 11.4 Å². The van der Waals surface area contributed by atoms with E-state index < -0.39 is 24.3 Å². The van der Waals surface area contributed by atoms with Gasteiger partial charge in [0.05, 0.1) is 11.8 Å². The van der Waals surface area contributed by atoms with Crippen LogP contribution in [-0.4, -0.2) is 32.9 Å². The fourth-order valence-electron chi connectivity index (χ4n) is 1.65. The third kappa shape index (κ3) is 3.52. The first-order valence-corrected chi connectivity index (χ1v) is 8.04. The lowest BCUT2D eigenvalue weighted by Gasteiger charge is -2.06. The molecule has 1 atom stereocenters. The molecule has 0 fully saturated rings. The molecule has 7 nitrogen and oxygen atoms in total. The number of ether oxygens (including phenoxy) is 1.